The van der Waals surface area contributed by atoms with Crippen molar-refractivity contribution in [3.63, 3.8) is 0 Å². The van der Waals surface area contributed by atoms with Gasteiger partial charge in [-0.25, -0.2) is 15.0 Å². The van der Waals surface area contributed by atoms with E-state index in [9.17, 15) is 4.79 Å². The Balaban J connectivity index is 1.63. The van der Waals surface area contributed by atoms with Gasteiger partial charge < -0.3 is 25.4 Å². The van der Waals surface area contributed by atoms with Crippen molar-refractivity contribution in [1.82, 2.24) is 20.3 Å². The lowest BCUT2D eigenvalue weighted by Gasteiger charge is -2.17. The molecule has 9 heteroatoms. The Labute approximate surface area is 200 Å². The average molecular weight is 465 g/mol. The van der Waals surface area contributed by atoms with Gasteiger partial charge in [0.15, 0.2) is 0 Å². The number of ether oxygens (including phenoxy) is 2. The summed E-state index contributed by atoms with van der Waals surface area (Å²) in [6.07, 6.45) is 4.26. The highest BCUT2D eigenvalue weighted by atomic mass is 16.5. The highest BCUT2D eigenvalue weighted by molar-refractivity contribution is 5.94. The van der Waals surface area contributed by atoms with Gasteiger partial charge in [-0.1, -0.05) is 13.0 Å². The van der Waals surface area contributed by atoms with Crippen LogP contribution in [0.4, 0.5) is 11.6 Å². The van der Waals surface area contributed by atoms with Crippen molar-refractivity contribution in [2.45, 2.75) is 19.3 Å². The first-order chi connectivity index (χ1) is 16.5. The van der Waals surface area contributed by atoms with Gasteiger partial charge in [0.1, 0.15) is 23.7 Å². The molecule has 1 amide bonds. The number of benzene rings is 1. The van der Waals surface area contributed by atoms with Gasteiger partial charge in [0.05, 0.1) is 12.8 Å². The molecule has 3 rings (SSSR count). The van der Waals surface area contributed by atoms with Crippen LogP contribution < -0.4 is 20.7 Å². The SMILES string of the molecule is CNC(=O)c1ccc([C@H](C)CNc2cc(-c3ccc(NCCCOC)nc3)ncn2)c(OC)c1. The summed E-state index contributed by atoms with van der Waals surface area (Å²) in [5.41, 5.74) is 3.27. The molecule has 9 nitrogen and oxygen atoms in total. The van der Waals surface area contributed by atoms with E-state index >= 15 is 0 Å². The first-order valence-electron chi connectivity index (χ1n) is 11.2. The van der Waals surface area contributed by atoms with Gasteiger partial charge in [-0.05, 0) is 36.2 Å². The third-order valence-corrected chi connectivity index (χ3v) is 5.40. The van der Waals surface area contributed by atoms with E-state index in [2.05, 4.69) is 37.8 Å². The Bertz CT molecular complexity index is 1070. The predicted molar refractivity (Wildman–Crippen MR) is 134 cm³/mol. The fraction of sp³-hybridized carbons (Fsp3) is 0.360. The third kappa shape index (κ3) is 6.64. The molecule has 2 aromatic heterocycles. The third-order valence-electron chi connectivity index (χ3n) is 5.40. The Morgan fingerprint density at radius 1 is 1.03 bits per heavy atom. The van der Waals surface area contributed by atoms with E-state index in [-0.39, 0.29) is 11.8 Å². The first-order valence-corrected chi connectivity index (χ1v) is 11.2. The van der Waals surface area contributed by atoms with E-state index in [0.29, 0.717) is 24.5 Å². The summed E-state index contributed by atoms with van der Waals surface area (Å²) < 4.78 is 10.6. The summed E-state index contributed by atoms with van der Waals surface area (Å²) in [7, 11) is 4.91. The average Bonchev–Trinajstić information content (AvgIpc) is 2.89. The summed E-state index contributed by atoms with van der Waals surface area (Å²) in [5.74, 6) is 2.20. The number of pyridine rings is 1. The van der Waals surface area contributed by atoms with Crippen LogP contribution in [0.5, 0.6) is 5.75 Å². The minimum atomic E-state index is -0.145. The smallest absolute Gasteiger partial charge is 0.251 e. The number of methoxy groups -OCH3 is 2. The number of aromatic nitrogens is 3. The van der Waals surface area contributed by atoms with Crippen molar-refractivity contribution in [2.75, 3.05) is 51.6 Å². The van der Waals surface area contributed by atoms with Crippen molar-refractivity contribution in [2.24, 2.45) is 0 Å². The van der Waals surface area contributed by atoms with Crippen molar-refractivity contribution in [3.05, 3.63) is 60.0 Å². The molecular weight excluding hydrogens is 432 g/mol. The molecule has 0 aliphatic heterocycles. The lowest BCUT2D eigenvalue weighted by atomic mass is 9.98. The lowest BCUT2D eigenvalue weighted by molar-refractivity contribution is 0.0962. The van der Waals surface area contributed by atoms with Crippen LogP contribution in [-0.4, -0.2) is 61.8 Å². The van der Waals surface area contributed by atoms with Crippen molar-refractivity contribution in [3.8, 4) is 17.0 Å². The zero-order valence-corrected chi connectivity index (χ0v) is 20.1. The van der Waals surface area contributed by atoms with Crippen LogP contribution in [0.1, 0.15) is 35.2 Å². The molecule has 2 heterocycles. The quantitative estimate of drug-likeness (QED) is 0.349. The monoisotopic (exact) mass is 464 g/mol. The maximum Gasteiger partial charge on any atom is 0.251 e. The second-order valence-electron chi connectivity index (χ2n) is 7.81. The molecule has 0 radical (unpaired) electrons. The van der Waals surface area contributed by atoms with Gasteiger partial charge in [-0.2, -0.15) is 0 Å². The fourth-order valence-corrected chi connectivity index (χ4v) is 3.47. The van der Waals surface area contributed by atoms with Gasteiger partial charge in [-0.3, -0.25) is 4.79 Å². The molecule has 1 aromatic carbocycles. The number of hydrogen-bond donors (Lipinski definition) is 3. The molecule has 180 valence electrons. The molecule has 0 aliphatic rings. The van der Waals surface area contributed by atoms with Gasteiger partial charge in [0.2, 0.25) is 0 Å². The van der Waals surface area contributed by atoms with E-state index in [1.165, 1.54) is 6.33 Å². The van der Waals surface area contributed by atoms with Crippen LogP contribution in [-0.2, 0) is 4.74 Å². The van der Waals surface area contributed by atoms with E-state index in [1.54, 1.807) is 39.6 Å². The van der Waals surface area contributed by atoms with Crippen LogP contribution >= 0.6 is 0 Å². The number of anilines is 2. The largest absolute Gasteiger partial charge is 0.496 e. The summed E-state index contributed by atoms with van der Waals surface area (Å²) >= 11 is 0. The molecule has 0 fully saturated rings. The number of carbonyl (C=O) groups excluding carboxylic acids is 1. The van der Waals surface area contributed by atoms with Crippen LogP contribution in [0.25, 0.3) is 11.3 Å². The number of nitrogens with one attached hydrogen (secondary N) is 3. The zero-order chi connectivity index (χ0) is 24.3. The number of hydrogen-bond acceptors (Lipinski definition) is 8. The number of carbonyl (C=O) groups is 1. The maximum absolute atomic E-state index is 11.9. The fourth-order valence-electron chi connectivity index (χ4n) is 3.47. The molecule has 0 bridgehead atoms. The minimum absolute atomic E-state index is 0.122. The number of amides is 1. The van der Waals surface area contributed by atoms with Crippen molar-refractivity contribution < 1.29 is 14.3 Å². The van der Waals surface area contributed by atoms with E-state index in [0.717, 1.165) is 41.4 Å². The van der Waals surface area contributed by atoms with Crippen LogP contribution in [0.3, 0.4) is 0 Å². The Kier molecular flexibility index (Phi) is 9.16. The van der Waals surface area contributed by atoms with Crippen LogP contribution in [0.15, 0.2) is 48.9 Å². The van der Waals surface area contributed by atoms with E-state index in [1.807, 2.05) is 24.3 Å². The topological polar surface area (TPSA) is 110 Å². The molecule has 0 spiro atoms. The van der Waals surface area contributed by atoms with Gasteiger partial charge in [-0.15, -0.1) is 0 Å². The Hall–Kier alpha value is -3.72. The molecule has 3 aromatic rings. The van der Waals surface area contributed by atoms with Crippen LogP contribution in [0, 0.1) is 0 Å². The highest BCUT2D eigenvalue weighted by Crippen LogP contribution is 2.28. The zero-order valence-electron chi connectivity index (χ0n) is 20.1. The number of nitrogens with zero attached hydrogens (tertiary/aromatic N) is 3. The lowest BCUT2D eigenvalue weighted by Crippen LogP contribution is -2.18. The summed E-state index contributed by atoms with van der Waals surface area (Å²) in [6, 6.07) is 11.3. The molecule has 3 N–H and O–H groups in total. The highest BCUT2D eigenvalue weighted by Gasteiger charge is 2.15. The summed E-state index contributed by atoms with van der Waals surface area (Å²) in [5, 5.41) is 9.27. The predicted octanol–water partition coefficient (Wildman–Crippen LogP) is 3.57. The molecule has 0 saturated heterocycles. The van der Waals surface area contributed by atoms with Crippen molar-refractivity contribution >= 4 is 17.5 Å². The molecule has 0 aliphatic carbocycles. The summed E-state index contributed by atoms with van der Waals surface area (Å²) in [4.78, 5) is 25.1. The maximum atomic E-state index is 11.9. The number of rotatable bonds is 12. The minimum Gasteiger partial charge on any atom is -0.496 e. The van der Waals surface area contributed by atoms with E-state index in [4.69, 9.17) is 9.47 Å². The second kappa shape index (κ2) is 12.5. The molecule has 0 saturated carbocycles. The Morgan fingerprint density at radius 3 is 2.59 bits per heavy atom. The normalized spacial score (nSPS) is 11.5. The standard InChI is InChI=1S/C25H32N6O3/c1-17(20-8-6-18(25(32)26-2)12-22(20)34-4)14-28-24-13-21(30-16-31-24)19-7-9-23(29-15-19)27-10-5-11-33-3/h6-9,12-13,15-17H,5,10-11,14H2,1-4H3,(H,26,32)(H,27,29)(H,28,30,31)/t17-/m1/s1. The Morgan fingerprint density at radius 2 is 1.88 bits per heavy atom. The second-order valence-corrected chi connectivity index (χ2v) is 7.81. The molecular formula is C25H32N6O3. The van der Waals surface area contributed by atoms with Crippen LogP contribution in [0.2, 0.25) is 0 Å². The van der Waals surface area contributed by atoms with Gasteiger partial charge in [0.25, 0.3) is 5.91 Å². The molecule has 34 heavy (non-hydrogen) atoms. The van der Waals surface area contributed by atoms with Gasteiger partial charge in [0, 0.05) is 63.2 Å². The van der Waals surface area contributed by atoms with Crippen molar-refractivity contribution in [1.29, 1.82) is 0 Å². The first kappa shape index (κ1) is 24.9. The molecule has 0 unspecified atom stereocenters. The van der Waals surface area contributed by atoms with E-state index < -0.39 is 0 Å². The molecule has 1 atom stereocenters. The van der Waals surface area contributed by atoms with Gasteiger partial charge >= 0.3 is 0 Å². The summed E-state index contributed by atoms with van der Waals surface area (Å²) in [6.45, 7) is 4.25.